The van der Waals surface area contributed by atoms with Crippen LogP contribution in [0.15, 0.2) is 24.3 Å². The van der Waals surface area contributed by atoms with Crippen LogP contribution >= 0.6 is 24.2 Å². The zero-order chi connectivity index (χ0) is 10.8. The molecule has 0 radical (unpaired) electrons. The van der Waals surface area contributed by atoms with E-state index in [0.29, 0.717) is 17.4 Å². The largest absolute Gasteiger partial charge is 0.312 e. The van der Waals surface area contributed by atoms with Gasteiger partial charge in [-0.3, -0.25) is 4.79 Å². The predicted molar refractivity (Wildman–Crippen MR) is 65.8 cm³/mol. The van der Waals surface area contributed by atoms with E-state index in [0.717, 1.165) is 18.0 Å². The molecule has 1 heterocycles. The first kappa shape index (κ1) is 10.8. The molecular formula is C11H12ClNOS. The molecule has 0 aromatic heterocycles. The molecule has 1 saturated heterocycles. The number of nitrogens with zero attached hydrogens (tertiary/aromatic N) is 1. The van der Waals surface area contributed by atoms with Crippen LogP contribution in [-0.4, -0.2) is 18.2 Å². The maximum atomic E-state index is 11.7. The number of halogens is 1. The van der Waals surface area contributed by atoms with E-state index in [2.05, 4.69) is 12.6 Å². The topological polar surface area (TPSA) is 20.3 Å². The highest BCUT2D eigenvalue weighted by Gasteiger charge is 2.29. The third-order valence-electron chi connectivity index (χ3n) is 2.58. The minimum absolute atomic E-state index is 0.163. The number of hydrogen-bond donors (Lipinski definition) is 1. The van der Waals surface area contributed by atoms with Crippen LogP contribution in [0.5, 0.6) is 0 Å². The molecule has 0 spiro atoms. The van der Waals surface area contributed by atoms with Gasteiger partial charge in [0.1, 0.15) is 0 Å². The molecule has 4 heteroatoms. The number of carbonyl (C=O) groups is 1. The van der Waals surface area contributed by atoms with Gasteiger partial charge in [0, 0.05) is 23.7 Å². The zero-order valence-electron chi connectivity index (χ0n) is 8.19. The Morgan fingerprint density at radius 2 is 2.33 bits per heavy atom. The van der Waals surface area contributed by atoms with Crippen molar-refractivity contribution in [3.8, 4) is 0 Å². The lowest BCUT2D eigenvalue weighted by Crippen LogP contribution is -2.24. The van der Waals surface area contributed by atoms with E-state index in [1.54, 1.807) is 4.90 Å². The highest BCUT2D eigenvalue weighted by molar-refractivity contribution is 7.80. The number of amides is 1. The summed E-state index contributed by atoms with van der Waals surface area (Å²) in [7, 11) is 0. The van der Waals surface area contributed by atoms with E-state index in [4.69, 9.17) is 11.6 Å². The third kappa shape index (κ3) is 2.29. The normalized spacial score (nSPS) is 21.1. The number of anilines is 1. The first-order chi connectivity index (χ1) is 7.20. The molecule has 1 amide bonds. The van der Waals surface area contributed by atoms with E-state index in [-0.39, 0.29) is 5.91 Å². The van der Waals surface area contributed by atoms with E-state index in [9.17, 15) is 4.79 Å². The number of rotatable bonds is 2. The smallest absolute Gasteiger partial charge is 0.227 e. The van der Waals surface area contributed by atoms with Crippen molar-refractivity contribution in [3.63, 3.8) is 0 Å². The fourth-order valence-electron chi connectivity index (χ4n) is 1.80. The van der Waals surface area contributed by atoms with Crippen LogP contribution in [0.1, 0.15) is 6.42 Å². The first-order valence-corrected chi connectivity index (χ1v) is 5.88. The van der Waals surface area contributed by atoms with Gasteiger partial charge in [0.25, 0.3) is 0 Å². The van der Waals surface area contributed by atoms with Crippen LogP contribution in [0.25, 0.3) is 0 Å². The number of carbonyl (C=O) groups excluding carboxylic acids is 1. The first-order valence-electron chi connectivity index (χ1n) is 4.87. The molecule has 1 atom stereocenters. The molecule has 1 unspecified atom stereocenters. The summed E-state index contributed by atoms with van der Waals surface area (Å²) in [5.41, 5.74) is 0.886. The maximum Gasteiger partial charge on any atom is 0.227 e. The van der Waals surface area contributed by atoms with Crippen molar-refractivity contribution >= 4 is 35.8 Å². The summed E-state index contributed by atoms with van der Waals surface area (Å²) >= 11 is 10.1. The van der Waals surface area contributed by atoms with Crippen LogP contribution in [-0.2, 0) is 4.79 Å². The monoisotopic (exact) mass is 241 g/mol. The van der Waals surface area contributed by atoms with Gasteiger partial charge in [0.05, 0.1) is 0 Å². The van der Waals surface area contributed by atoms with Crippen LogP contribution in [0, 0.1) is 5.92 Å². The molecule has 1 aromatic rings. The van der Waals surface area contributed by atoms with Crippen molar-refractivity contribution in [2.24, 2.45) is 5.92 Å². The van der Waals surface area contributed by atoms with Crippen molar-refractivity contribution in [1.82, 2.24) is 0 Å². The van der Waals surface area contributed by atoms with E-state index >= 15 is 0 Å². The third-order valence-corrected chi connectivity index (χ3v) is 3.33. The molecular weight excluding hydrogens is 230 g/mol. The Bertz CT molecular complexity index is 383. The van der Waals surface area contributed by atoms with Gasteiger partial charge in [-0.2, -0.15) is 12.6 Å². The quantitative estimate of drug-likeness (QED) is 0.790. The summed E-state index contributed by atoms with van der Waals surface area (Å²) in [5.74, 6) is 1.28. The second kappa shape index (κ2) is 4.45. The summed E-state index contributed by atoms with van der Waals surface area (Å²) in [6.07, 6.45) is 0.593. The molecule has 15 heavy (non-hydrogen) atoms. The molecule has 2 rings (SSSR count). The van der Waals surface area contributed by atoms with Gasteiger partial charge in [0.15, 0.2) is 0 Å². The Morgan fingerprint density at radius 3 is 2.93 bits per heavy atom. The van der Waals surface area contributed by atoms with Crippen molar-refractivity contribution in [2.45, 2.75) is 6.42 Å². The van der Waals surface area contributed by atoms with Gasteiger partial charge in [0.2, 0.25) is 5.91 Å². The van der Waals surface area contributed by atoms with Gasteiger partial charge in [-0.1, -0.05) is 17.7 Å². The molecule has 2 nitrogen and oxygen atoms in total. The molecule has 0 bridgehead atoms. The molecule has 0 N–H and O–H groups in total. The number of benzene rings is 1. The summed E-state index contributed by atoms with van der Waals surface area (Å²) in [5, 5.41) is 0.662. The fourth-order valence-corrected chi connectivity index (χ4v) is 2.23. The second-order valence-corrected chi connectivity index (χ2v) is 4.54. The highest BCUT2D eigenvalue weighted by atomic mass is 35.5. The lowest BCUT2D eigenvalue weighted by molar-refractivity contribution is -0.117. The Balaban J connectivity index is 2.21. The molecule has 80 valence electrons. The Kier molecular flexibility index (Phi) is 3.22. The minimum Gasteiger partial charge on any atom is -0.312 e. The SMILES string of the molecule is O=C1CC(CS)CN1c1cccc(Cl)c1. The fraction of sp³-hybridized carbons (Fsp3) is 0.364. The average molecular weight is 242 g/mol. The zero-order valence-corrected chi connectivity index (χ0v) is 9.84. The lowest BCUT2D eigenvalue weighted by Gasteiger charge is -2.16. The molecule has 0 saturated carbocycles. The number of hydrogen-bond acceptors (Lipinski definition) is 2. The van der Waals surface area contributed by atoms with E-state index < -0.39 is 0 Å². The van der Waals surface area contributed by atoms with E-state index in [1.165, 1.54) is 0 Å². The summed E-state index contributed by atoms with van der Waals surface area (Å²) in [6, 6.07) is 7.39. The summed E-state index contributed by atoms with van der Waals surface area (Å²) in [4.78, 5) is 13.5. The van der Waals surface area contributed by atoms with Crippen molar-refractivity contribution < 1.29 is 4.79 Å². The Hall–Kier alpha value is -0.670. The summed E-state index contributed by atoms with van der Waals surface area (Å²) in [6.45, 7) is 0.753. The Morgan fingerprint density at radius 1 is 1.53 bits per heavy atom. The molecule has 0 aliphatic carbocycles. The molecule has 1 fully saturated rings. The van der Waals surface area contributed by atoms with Crippen LogP contribution in [0.2, 0.25) is 5.02 Å². The predicted octanol–water partition coefficient (Wildman–Crippen LogP) is 2.62. The van der Waals surface area contributed by atoms with Crippen LogP contribution in [0.4, 0.5) is 5.69 Å². The van der Waals surface area contributed by atoms with Crippen LogP contribution in [0.3, 0.4) is 0 Å². The average Bonchev–Trinajstić information content (AvgIpc) is 2.60. The lowest BCUT2D eigenvalue weighted by atomic mass is 10.1. The summed E-state index contributed by atoms with van der Waals surface area (Å²) < 4.78 is 0. The van der Waals surface area contributed by atoms with Crippen molar-refractivity contribution in [3.05, 3.63) is 29.3 Å². The molecule has 1 aliphatic heterocycles. The Labute approximate surface area is 99.6 Å². The molecule has 1 aliphatic rings. The van der Waals surface area contributed by atoms with E-state index in [1.807, 2.05) is 24.3 Å². The van der Waals surface area contributed by atoms with Gasteiger partial charge >= 0.3 is 0 Å². The van der Waals surface area contributed by atoms with Gasteiger partial charge in [-0.25, -0.2) is 0 Å². The molecule has 1 aromatic carbocycles. The number of thiol groups is 1. The van der Waals surface area contributed by atoms with Gasteiger partial charge in [-0.05, 0) is 29.9 Å². The second-order valence-electron chi connectivity index (χ2n) is 3.74. The van der Waals surface area contributed by atoms with Crippen molar-refractivity contribution in [1.29, 1.82) is 0 Å². The maximum absolute atomic E-state index is 11.7. The van der Waals surface area contributed by atoms with Gasteiger partial charge < -0.3 is 4.90 Å². The standard InChI is InChI=1S/C11H12ClNOS/c12-9-2-1-3-10(5-9)13-6-8(7-15)4-11(13)14/h1-3,5,8,15H,4,6-7H2. The highest BCUT2D eigenvalue weighted by Crippen LogP contribution is 2.27. The van der Waals surface area contributed by atoms with Gasteiger partial charge in [-0.15, -0.1) is 0 Å². The van der Waals surface area contributed by atoms with Crippen LogP contribution < -0.4 is 4.90 Å². The minimum atomic E-state index is 0.163. The van der Waals surface area contributed by atoms with Crippen molar-refractivity contribution in [2.75, 3.05) is 17.2 Å².